The minimum Gasteiger partial charge on any atom is -0.380 e. The largest absolute Gasteiger partial charge is 0.380 e. The van der Waals surface area contributed by atoms with Crippen molar-refractivity contribution in [3.05, 3.63) is 84.2 Å². The lowest BCUT2D eigenvalue weighted by Gasteiger charge is -2.33. The molecule has 1 fully saturated rings. The molecule has 0 amide bonds. The number of likely N-dealkylation sites (N-methyl/N-ethyl adjacent to an activating group) is 1. The molecule has 26 heavy (non-hydrogen) atoms. The number of nitrogens with zero attached hydrogens (tertiary/aromatic N) is 3. The van der Waals surface area contributed by atoms with Crippen LogP contribution in [0.15, 0.2) is 73.1 Å². The summed E-state index contributed by atoms with van der Waals surface area (Å²) in [7, 11) is 2.20. The summed E-state index contributed by atoms with van der Waals surface area (Å²) in [6.45, 7) is 3.54. The molecule has 0 spiro atoms. The molecule has 3 aromatic rings. The topological polar surface area (TPSA) is 30.3 Å². The highest BCUT2D eigenvalue weighted by molar-refractivity contribution is 5.35. The smallest absolute Gasteiger partial charge is 0.0648 e. The fourth-order valence-corrected chi connectivity index (χ4v) is 3.95. The molecule has 1 unspecified atom stereocenters. The van der Waals surface area contributed by atoms with Crippen LogP contribution in [0.2, 0.25) is 0 Å². The third-order valence-electron chi connectivity index (χ3n) is 5.19. The SMILES string of the molecule is CN(Cc1cccc(-n2cccn2)c1)CC1(c2ccccc2)CCOC1. The van der Waals surface area contributed by atoms with Gasteiger partial charge in [0, 0.05) is 37.5 Å². The van der Waals surface area contributed by atoms with E-state index in [2.05, 4.69) is 71.6 Å². The Kier molecular flexibility index (Phi) is 4.87. The highest BCUT2D eigenvalue weighted by Gasteiger charge is 2.37. The predicted octanol–water partition coefficient (Wildman–Crippen LogP) is 3.66. The number of ether oxygens (including phenoxy) is 1. The lowest BCUT2D eigenvalue weighted by atomic mass is 9.79. The molecule has 2 heterocycles. The maximum atomic E-state index is 5.80. The Balaban J connectivity index is 1.50. The zero-order chi connectivity index (χ0) is 17.8. The molecule has 1 aliphatic heterocycles. The second-order valence-corrected chi connectivity index (χ2v) is 7.24. The second-order valence-electron chi connectivity index (χ2n) is 7.24. The first kappa shape index (κ1) is 17.0. The van der Waals surface area contributed by atoms with Crippen molar-refractivity contribution >= 4 is 0 Å². The van der Waals surface area contributed by atoms with Gasteiger partial charge in [-0.05, 0) is 42.8 Å². The van der Waals surface area contributed by atoms with Gasteiger partial charge in [0.1, 0.15) is 0 Å². The molecule has 0 radical (unpaired) electrons. The average molecular weight is 347 g/mol. The summed E-state index contributed by atoms with van der Waals surface area (Å²) in [5, 5.41) is 4.33. The minimum absolute atomic E-state index is 0.0929. The first-order valence-electron chi connectivity index (χ1n) is 9.16. The van der Waals surface area contributed by atoms with Crippen molar-refractivity contribution in [1.29, 1.82) is 0 Å². The number of hydrogen-bond acceptors (Lipinski definition) is 3. The molecular weight excluding hydrogens is 322 g/mol. The summed E-state index contributed by atoms with van der Waals surface area (Å²) in [6.07, 6.45) is 4.86. The van der Waals surface area contributed by atoms with E-state index >= 15 is 0 Å². The van der Waals surface area contributed by atoms with Crippen LogP contribution in [0.25, 0.3) is 5.69 Å². The molecule has 0 aliphatic carbocycles. The van der Waals surface area contributed by atoms with Crippen LogP contribution in [0, 0.1) is 0 Å². The van der Waals surface area contributed by atoms with E-state index in [0.717, 1.165) is 38.4 Å². The lowest BCUT2D eigenvalue weighted by molar-refractivity contribution is 0.157. The Bertz CT molecular complexity index is 824. The third kappa shape index (κ3) is 3.57. The molecule has 1 aliphatic rings. The van der Waals surface area contributed by atoms with Crippen molar-refractivity contribution in [2.45, 2.75) is 18.4 Å². The fraction of sp³-hybridized carbons (Fsp3) is 0.318. The van der Waals surface area contributed by atoms with Gasteiger partial charge in [-0.25, -0.2) is 4.68 Å². The molecule has 134 valence electrons. The average Bonchev–Trinajstić information content (AvgIpc) is 3.35. The molecule has 0 saturated carbocycles. The highest BCUT2D eigenvalue weighted by Crippen LogP contribution is 2.34. The Morgan fingerprint density at radius 2 is 2.00 bits per heavy atom. The van der Waals surface area contributed by atoms with Crippen LogP contribution in [0.5, 0.6) is 0 Å². The van der Waals surface area contributed by atoms with Crippen LogP contribution in [0.4, 0.5) is 0 Å². The molecule has 1 aromatic heterocycles. The zero-order valence-corrected chi connectivity index (χ0v) is 15.2. The van der Waals surface area contributed by atoms with Crippen LogP contribution in [0.1, 0.15) is 17.5 Å². The summed E-state index contributed by atoms with van der Waals surface area (Å²) < 4.78 is 7.70. The Labute approximate surface area is 155 Å². The van der Waals surface area contributed by atoms with Crippen LogP contribution in [-0.2, 0) is 16.7 Å². The van der Waals surface area contributed by atoms with E-state index in [1.165, 1.54) is 11.1 Å². The molecule has 0 bridgehead atoms. The van der Waals surface area contributed by atoms with E-state index in [9.17, 15) is 0 Å². The Morgan fingerprint density at radius 3 is 2.73 bits per heavy atom. The second kappa shape index (κ2) is 7.44. The van der Waals surface area contributed by atoms with Gasteiger partial charge in [0.15, 0.2) is 0 Å². The first-order valence-corrected chi connectivity index (χ1v) is 9.16. The lowest BCUT2D eigenvalue weighted by Crippen LogP contribution is -2.39. The van der Waals surface area contributed by atoms with Crippen LogP contribution in [0.3, 0.4) is 0 Å². The van der Waals surface area contributed by atoms with E-state index in [-0.39, 0.29) is 5.41 Å². The molecule has 0 N–H and O–H groups in total. The molecule has 4 heteroatoms. The molecular formula is C22H25N3O. The first-order chi connectivity index (χ1) is 12.8. The van der Waals surface area contributed by atoms with Crippen molar-refractivity contribution in [3.8, 4) is 5.69 Å². The maximum absolute atomic E-state index is 5.80. The molecule has 1 atom stereocenters. The summed E-state index contributed by atoms with van der Waals surface area (Å²) in [5.74, 6) is 0. The molecule has 4 rings (SSSR count). The Hall–Kier alpha value is -2.43. The van der Waals surface area contributed by atoms with Gasteiger partial charge in [0.2, 0.25) is 0 Å². The van der Waals surface area contributed by atoms with Crippen LogP contribution >= 0.6 is 0 Å². The standard InChI is InChI=1S/C22H25N3O/c1-24(16-19-7-5-10-21(15-19)25-13-6-12-23-25)17-22(11-14-26-18-22)20-8-3-2-4-9-20/h2-10,12-13,15H,11,14,16-18H2,1H3. The maximum Gasteiger partial charge on any atom is 0.0648 e. The van der Waals surface area contributed by atoms with Crippen molar-refractivity contribution < 1.29 is 4.74 Å². The molecule has 4 nitrogen and oxygen atoms in total. The minimum atomic E-state index is 0.0929. The molecule has 1 saturated heterocycles. The number of benzene rings is 2. The fourth-order valence-electron chi connectivity index (χ4n) is 3.95. The van der Waals surface area contributed by atoms with E-state index in [1.807, 2.05) is 23.1 Å². The van der Waals surface area contributed by atoms with E-state index in [4.69, 9.17) is 4.74 Å². The van der Waals surface area contributed by atoms with Crippen LogP contribution in [-0.4, -0.2) is 41.5 Å². The summed E-state index contributed by atoms with van der Waals surface area (Å²) in [4.78, 5) is 2.41. The van der Waals surface area contributed by atoms with Gasteiger partial charge in [-0.2, -0.15) is 5.10 Å². The van der Waals surface area contributed by atoms with Crippen molar-refractivity contribution in [2.24, 2.45) is 0 Å². The predicted molar refractivity (Wildman–Crippen MR) is 103 cm³/mol. The van der Waals surface area contributed by atoms with Gasteiger partial charge in [-0.15, -0.1) is 0 Å². The quantitative estimate of drug-likeness (QED) is 0.682. The van der Waals surface area contributed by atoms with Gasteiger partial charge in [-0.1, -0.05) is 42.5 Å². The van der Waals surface area contributed by atoms with Gasteiger partial charge >= 0.3 is 0 Å². The van der Waals surface area contributed by atoms with Gasteiger partial charge in [0.25, 0.3) is 0 Å². The van der Waals surface area contributed by atoms with Gasteiger partial charge in [-0.3, -0.25) is 0 Å². The summed E-state index contributed by atoms with van der Waals surface area (Å²) >= 11 is 0. The summed E-state index contributed by atoms with van der Waals surface area (Å²) in [5.41, 5.74) is 3.87. The van der Waals surface area contributed by atoms with Crippen LogP contribution < -0.4 is 0 Å². The highest BCUT2D eigenvalue weighted by atomic mass is 16.5. The zero-order valence-electron chi connectivity index (χ0n) is 15.2. The summed E-state index contributed by atoms with van der Waals surface area (Å²) in [6, 6.07) is 21.3. The normalized spacial score (nSPS) is 19.9. The van der Waals surface area contributed by atoms with Gasteiger partial charge < -0.3 is 9.64 Å². The van der Waals surface area contributed by atoms with E-state index in [1.54, 1.807) is 0 Å². The van der Waals surface area contributed by atoms with E-state index in [0.29, 0.717) is 0 Å². The Morgan fingerprint density at radius 1 is 1.12 bits per heavy atom. The number of hydrogen-bond donors (Lipinski definition) is 0. The van der Waals surface area contributed by atoms with Crippen molar-refractivity contribution in [2.75, 3.05) is 26.8 Å². The van der Waals surface area contributed by atoms with Crippen molar-refractivity contribution in [1.82, 2.24) is 14.7 Å². The van der Waals surface area contributed by atoms with Crippen molar-refractivity contribution in [3.63, 3.8) is 0 Å². The monoisotopic (exact) mass is 347 g/mol. The molecule has 2 aromatic carbocycles. The van der Waals surface area contributed by atoms with Gasteiger partial charge in [0.05, 0.1) is 12.3 Å². The number of rotatable bonds is 6. The van der Waals surface area contributed by atoms with E-state index < -0.39 is 0 Å². The number of aromatic nitrogens is 2. The third-order valence-corrected chi connectivity index (χ3v) is 5.19.